The van der Waals surface area contributed by atoms with Crippen LogP contribution in [0.15, 0.2) is 47.6 Å². The molecule has 0 aliphatic heterocycles. The van der Waals surface area contributed by atoms with Crippen LogP contribution in [0, 0.1) is 6.92 Å². The van der Waals surface area contributed by atoms with Crippen LogP contribution < -0.4 is 4.43 Å². The number of hydrogen-bond acceptors (Lipinski definition) is 3. The van der Waals surface area contributed by atoms with Crippen LogP contribution in [0.4, 0.5) is 5.69 Å². The number of benzene rings is 1. The first-order valence-electron chi connectivity index (χ1n) is 7.12. The molecule has 110 valence electrons. The highest BCUT2D eigenvalue weighted by Crippen LogP contribution is 2.33. The highest BCUT2D eigenvalue weighted by atomic mass is 28.4. The summed E-state index contributed by atoms with van der Waals surface area (Å²) >= 11 is 0. The van der Waals surface area contributed by atoms with E-state index >= 15 is 0 Å². The topological polar surface area (TPSA) is 34.5 Å². The van der Waals surface area contributed by atoms with Crippen LogP contribution in [-0.2, 0) is 0 Å². The lowest BCUT2D eigenvalue weighted by atomic mass is 10.2. The molecule has 0 aliphatic rings. The molecule has 0 fully saturated rings. The maximum absolute atomic E-state index is 6.16. The van der Waals surface area contributed by atoms with Crippen LogP contribution in [0.2, 0.25) is 19.6 Å². The fraction of sp³-hybridized carbons (Fsp3) is 0.294. The molecule has 0 N–H and O–H groups in total. The van der Waals surface area contributed by atoms with Gasteiger partial charge in [-0.05, 0) is 57.3 Å². The van der Waals surface area contributed by atoms with Crippen LogP contribution in [0.25, 0.3) is 0 Å². The van der Waals surface area contributed by atoms with Gasteiger partial charge in [0.2, 0.25) is 8.32 Å². The van der Waals surface area contributed by atoms with Gasteiger partial charge in [-0.25, -0.2) is 4.99 Å². The maximum Gasteiger partial charge on any atom is 0.242 e. The third kappa shape index (κ3) is 4.26. The summed E-state index contributed by atoms with van der Waals surface area (Å²) < 4.78 is 6.16. The van der Waals surface area contributed by atoms with Gasteiger partial charge < -0.3 is 4.43 Å². The molecule has 0 saturated heterocycles. The first-order valence-corrected chi connectivity index (χ1v) is 10.5. The van der Waals surface area contributed by atoms with Crippen molar-refractivity contribution in [1.29, 1.82) is 0 Å². The number of hydrogen-bond donors (Lipinski definition) is 0. The molecule has 21 heavy (non-hydrogen) atoms. The molecule has 2 aromatic rings. The number of aromatic nitrogens is 1. The molecule has 1 aromatic carbocycles. The number of para-hydroxylation sites is 1. The summed E-state index contributed by atoms with van der Waals surface area (Å²) in [4.78, 5) is 9.11. The zero-order valence-electron chi connectivity index (χ0n) is 13.3. The minimum Gasteiger partial charge on any atom is -0.543 e. The summed E-state index contributed by atoms with van der Waals surface area (Å²) in [5, 5.41) is 0. The summed E-state index contributed by atoms with van der Waals surface area (Å²) in [6.45, 7) is 10.6. The Morgan fingerprint density at radius 3 is 2.48 bits per heavy atom. The van der Waals surface area contributed by atoms with Crippen molar-refractivity contribution in [3.63, 3.8) is 0 Å². The first-order chi connectivity index (χ1) is 9.87. The van der Waals surface area contributed by atoms with Crippen molar-refractivity contribution in [3.8, 4) is 5.75 Å². The van der Waals surface area contributed by atoms with Gasteiger partial charge in [-0.2, -0.15) is 0 Å². The van der Waals surface area contributed by atoms with Crippen LogP contribution in [0.3, 0.4) is 0 Å². The molecule has 0 spiro atoms. The molecule has 0 aliphatic carbocycles. The first kappa shape index (κ1) is 15.4. The lowest BCUT2D eigenvalue weighted by molar-refractivity contribution is 0.558. The van der Waals surface area contributed by atoms with Crippen molar-refractivity contribution >= 4 is 19.7 Å². The van der Waals surface area contributed by atoms with Crippen LogP contribution in [-0.4, -0.2) is 19.0 Å². The molecule has 0 radical (unpaired) electrons. The normalized spacial score (nSPS) is 12.3. The molecule has 0 saturated carbocycles. The van der Waals surface area contributed by atoms with Gasteiger partial charge in [-0.3, -0.25) is 4.98 Å². The molecular weight excluding hydrogens is 276 g/mol. The summed E-state index contributed by atoms with van der Waals surface area (Å²) in [5.74, 6) is 0.865. The largest absolute Gasteiger partial charge is 0.543 e. The quantitative estimate of drug-likeness (QED) is 0.603. The number of pyridine rings is 1. The molecule has 4 heteroatoms. The molecule has 0 unspecified atom stereocenters. The SMILES string of the molecule is CC(=Nc1c(C)cccc1O[Si](C)(C)C)c1ccccn1. The van der Waals surface area contributed by atoms with E-state index in [0.29, 0.717) is 0 Å². The number of aryl methyl sites for hydroxylation is 1. The van der Waals surface area contributed by atoms with Gasteiger partial charge in [-0.15, -0.1) is 0 Å². The second-order valence-electron chi connectivity index (χ2n) is 6.05. The third-order valence-corrected chi connectivity index (χ3v) is 3.76. The Kier molecular flexibility index (Phi) is 4.58. The van der Waals surface area contributed by atoms with E-state index in [-0.39, 0.29) is 0 Å². The number of nitrogens with zero attached hydrogens (tertiary/aromatic N) is 2. The van der Waals surface area contributed by atoms with E-state index in [1.165, 1.54) is 0 Å². The molecule has 0 bridgehead atoms. The van der Waals surface area contributed by atoms with Crippen LogP contribution >= 0.6 is 0 Å². The van der Waals surface area contributed by atoms with E-state index in [1.54, 1.807) is 6.20 Å². The highest BCUT2D eigenvalue weighted by Gasteiger charge is 2.19. The predicted molar refractivity (Wildman–Crippen MR) is 91.3 cm³/mol. The average molecular weight is 298 g/mol. The lowest BCUT2D eigenvalue weighted by Crippen LogP contribution is -2.29. The molecule has 1 aromatic heterocycles. The van der Waals surface area contributed by atoms with Gasteiger partial charge in [0.15, 0.2) is 0 Å². The minimum absolute atomic E-state index is 0.865. The number of aliphatic imine (C=N–C) groups is 1. The smallest absolute Gasteiger partial charge is 0.242 e. The standard InChI is InChI=1S/C17H22N2OSi/c1-13-9-8-11-16(20-21(3,4)5)17(13)19-14(2)15-10-6-7-12-18-15/h6-12H,1-5H3. The van der Waals surface area contributed by atoms with E-state index < -0.39 is 8.32 Å². The van der Waals surface area contributed by atoms with Crippen molar-refractivity contribution in [2.24, 2.45) is 4.99 Å². The van der Waals surface area contributed by atoms with E-state index in [0.717, 1.165) is 28.4 Å². The van der Waals surface area contributed by atoms with Gasteiger partial charge in [0.05, 0.1) is 11.4 Å². The van der Waals surface area contributed by atoms with Crippen LogP contribution in [0.1, 0.15) is 18.2 Å². The molecule has 2 rings (SSSR count). The van der Waals surface area contributed by atoms with Gasteiger partial charge >= 0.3 is 0 Å². The fourth-order valence-corrected chi connectivity index (χ4v) is 2.81. The van der Waals surface area contributed by atoms with E-state index in [9.17, 15) is 0 Å². The van der Waals surface area contributed by atoms with Crippen molar-refractivity contribution in [2.75, 3.05) is 0 Å². The Hall–Kier alpha value is -1.94. The van der Waals surface area contributed by atoms with Gasteiger partial charge in [0, 0.05) is 6.20 Å². The molecule has 3 nitrogen and oxygen atoms in total. The summed E-state index contributed by atoms with van der Waals surface area (Å²) in [5.41, 5.74) is 3.80. The zero-order valence-corrected chi connectivity index (χ0v) is 14.3. The van der Waals surface area contributed by atoms with Crippen molar-refractivity contribution in [3.05, 3.63) is 53.9 Å². The van der Waals surface area contributed by atoms with E-state index in [4.69, 9.17) is 9.42 Å². The van der Waals surface area contributed by atoms with E-state index in [2.05, 4.69) is 37.6 Å². The highest BCUT2D eigenvalue weighted by molar-refractivity contribution is 6.70. The van der Waals surface area contributed by atoms with Gasteiger partial charge in [0.25, 0.3) is 0 Å². The Bertz CT molecular complexity index is 646. The predicted octanol–water partition coefficient (Wildman–Crippen LogP) is 4.74. The summed E-state index contributed by atoms with van der Waals surface area (Å²) in [6.07, 6.45) is 1.78. The van der Waals surface area contributed by atoms with Crippen LogP contribution in [0.5, 0.6) is 5.75 Å². The monoisotopic (exact) mass is 298 g/mol. The Morgan fingerprint density at radius 1 is 1.10 bits per heavy atom. The van der Waals surface area contributed by atoms with Crippen molar-refractivity contribution < 1.29 is 4.43 Å². The average Bonchev–Trinajstić information content (AvgIpc) is 2.42. The lowest BCUT2D eigenvalue weighted by Gasteiger charge is -2.21. The zero-order chi connectivity index (χ0) is 15.5. The second-order valence-corrected chi connectivity index (χ2v) is 10.5. The Morgan fingerprint density at radius 2 is 1.86 bits per heavy atom. The van der Waals surface area contributed by atoms with Gasteiger partial charge in [0.1, 0.15) is 11.4 Å². The second kappa shape index (κ2) is 6.22. The molecular formula is C17H22N2OSi. The molecule has 0 amide bonds. The summed E-state index contributed by atoms with van der Waals surface area (Å²) in [7, 11) is -1.67. The molecule has 1 heterocycles. The Labute approximate surface area is 127 Å². The van der Waals surface area contributed by atoms with Crippen molar-refractivity contribution in [1.82, 2.24) is 4.98 Å². The molecule has 0 atom stereocenters. The van der Waals surface area contributed by atoms with E-state index in [1.807, 2.05) is 37.3 Å². The summed E-state index contributed by atoms with van der Waals surface area (Å²) in [6, 6.07) is 11.9. The third-order valence-electron chi connectivity index (χ3n) is 2.93. The maximum atomic E-state index is 6.16. The fourth-order valence-electron chi connectivity index (χ4n) is 1.99. The van der Waals surface area contributed by atoms with Crippen molar-refractivity contribution in [2.45, 2.75) is 33.5 Å². The Balaban J connectivity index is 2.44. The minimum atomic E-state index is -1.67. The van der Waals surface area contributed by atoms with Gasteiger partial charge in [-0.1, -0.05) is 18.2 Å². The number of rotatable bonds is 4.